The summed E-state index contributed by atoms with van der Waals surface area (Å²) in [5.41, 5.74) is 1.58. The Morgan fingerprint density at radius 3 is 2.68 bits per heavy atom. The summed E-state index contributed by atoms with van der Waals surface area (Å²) in [6.45, 7) is 4.05. The fourth-order valence-corrected chi connectivity index (χ4v) is 4.50. The van der Waals surface area contributed by atoms with Crippen LogP contribution in [0.2, 0.25) is 25.7 Å². The average molecular weight is 494 g/mol. The monoisotopic (exact) mass is 493 g/mol. The van der Waals surface area contributed by atoms with Crippen LogP contribution in [0.25, 0.3) is 22.2 Å². The molecule has 0 radical (unpaired) electrons. The van der Waals surface area contributed by atoms with Crippen LogP contribution in [0.15, 0.2) is 29.2 Å². The Hall–Kier alpha value is -2.76. The van der Waals surface area contributed by atoms with E-state index in [4.69, 9.17) is 9.47 Å². The van der Waals surface area contributed by atoms with Crippen LogP contribution in [0.4, 0.5) is 8.78 Å². The third kappa shape index (κ3) is 5.48. The number of H-pyrrole nitrogens is 1. The van der Waals surface area contributed by atoms with E-state index in [9.17, 15) is 18.7 Å². The minimum absolute atomic E-state index is 0.0459. The number of nitrogens with one attached hydrogen (secondary N) is 1. The Bertz CT molecular complexity index is 1220. The van der Waals surface area contributed by atoms with Crippen LogP contribution < -0.4 is 15.0 Å². The predicted octanol–water partition coefficient (Wildman–Crippen LogP) is 4.34. The Morgan fingerprint density at radius 1 is 1.26 bits per heavy atom. The van der Waals surface area contributed by atoms with E-state index in [1.807, 2.05) is 0 Å². The van der Waals surface area contributed by atoms with E-state index >= 15 is 0 Å². The van der Waals surface area contributed by atoms with Crippen LogP contribution in [0.5, 0.6) is 11.5 Å². The smallest absolute Gasteiger partial charge is 0.387 e. The molecule has 0 spiro atoms. The second kappa shape index (κ2) is 9.85. The molecule has 0 saturated heterocycles. The Labute approximate surface area is 196 Å². The summed E-state index contributed by atoms with van der Waals surface area (Å²) in [7, 11) is -1.31. The van der Waals surface area contributed by atoms with Gasteiger partial charge in [0.05, 0.1) is 35.5 Å². The van der Waals surface area contributed by atoms with Crippen molar-refractivity contribution in [3.8, 4) is 22.8 Å². The molecular formula is C23H29F2N3O5Si. The first-order valence-corrected chi connectivity index (χ1v) is 14.9. The van der Waals surface area contributed by atoms with Gasteiger partial charge in [-0.1, -0.05) is 19.6 Å². The lowest BCUT2D eigenvalue weighted by molar-refractivity contribution is -0.0516. The van der Waals surface area contributed by atoms with Crippen molar-refractivity contribution in [3.63, 3.8) is 0 Å². The fourth-order valence-electron chi connectivity index (χ4n) is 3.75. The molecular weight excluding hydrogens is 464 g/mol. The minimum atomic E-state index is -2.99. The van der Waals surface area contributed by atoms with Gasteiger partial charge in [-0.05, 0) is 37.1 Å². The maximum atomic E-state index is 12.9. The van der Waals surface area contributed by atoms with E-state index in [0.29, 0.717) is 34.3 Å². The molecule has 2 N–H and O–H groups in total. The predicted molar refractivity (Wildman–Crippen MR) is 126 cm³/mol. The van der Waals surface area contributed by atoms with Gasteiger partial charge in [0, 0.05) is 25.8 Å². The number of aromatic amines is 1. The number of aliphatic hydroxyl groups is 1. The number of aliphatic hydroxyl groups excluding tert-OH is 1. The van der Waals surface area contributed by atoms with Gasteiger partial charge < -0.3 is 23.9 Å². The van der Waals surface area contributed by atoms with Gasteiger partial charge in [0.25, 0.3) is 5.56 Å². The first kappa shape index (κ1) is 24.4. The van der Waals surface area contributed by atoms with Crippen molar-refractivity contribution in [3.05, 3.63) is 40.3 Å². The van der Waals surface area contributed by atoms with Crippen LogP contribution in [0.3, 0.4) is 0 Å². The first-order chi connectivity index (χ1) is 16.2. The zero-order chi connectivity index (χ0) is 24.5. The molecule has 3 aromatic rings. The molecule has 0 amide bonds. The van der Waals surface area contributed by atoms with E-state index in [2.05, 4.69) is 34.6 Å². The molecule has 8 nitrogen and oxygen atoms in total. The number of fused-ring (bicyclic) bond motifs is 1. The number of hydrogen-bond acceptors (Lipinski definition) is 6. The standard InChI is InChI=1S/C23H29F2N3O5Si/c1-34(2,3)9-8-31-13-28-17-11-26-27-22(30)20(17)16(12-29)21(28)14-4-7-18(33-23(24)25)19(10-14)32-15-5-6-15/h4,7,10-11,15,23,29H,5-6,8-9,12-13H2,1-3H3,(H,27,30). The topological polar surface area (TPSA) is 98.6 Å². The van der Waals surface area contributed by atoms with Crippen molar-refractivity contribution in [2.24, 2.45) is 0 Å². The van der Waals surface area contributed by atoms with E-state index < -0.39 is 26.9 Å². The van der Waals surface area contributed by atoms with Crippen molar-refractivity contribution in [2.75, 3.05) is 6.61 Å². The zero-order valence-electron chi connectivity index (χ0n) is 19.4. The van der Waals surface area contributed by atoms with Gasteiger partial charge in [-0.15, -0.1) is 0 Å². The molecule has 184 valence electrons. The summed E-state index contributed by atoms with van der Waals surface area (Å²) < 4.78 is 44.1. The number of nitrogens with zero attached hydrogens (tertiary/aromatic N) is 2. The van der Waals surface area contributed by atoms with Gasteiger partial charge in [-0.2, -0.15) is 13.9 Å². The maximum absolute atomic E-state index is 12.9. The van der Waals surface area contributed by atoms with Crippen molar-refractivity contribution in [1.29, 1.82) is 0 Å². The first-order valence-electron chi connectivity index (χ1n) is 11.2. The molecule has 2 heterocycles. The van der Waals surface area contributed by atoms with Crippen molar-refractivity contribution in [1.82, 2.24) is 14.8 Å². The highest BCUT2D eigenvalue weighted by molar-refractivity contribution is 6.76. The Balaban J connectivity index is 1.80. The zero-order valence-corrected chi connectivity index (χ0v) is 20.4. The second-order valence-corrected chi connectivity index (χ2v) is 15.2. The third-order valence-corrected chi connectivity index (χ3v) is 7.31. The summed E-state index contributed by atoms with van der Waals surface area (Å²) in [6.07, 6.45) is 3.14. The van der Waals surface area contributed by atoms with Gasteiger partial charge in [-0.25, -0.2) is 5.10 Å². The van der Waals surface area contributed by atoms with Gasteiger partial charge >= 0.3 is 6.61 Å². The summed E-state index contributed by atoms with van der Waals surface area (Å²) in [6, 6.07) is 5.58. The molecule has 11 heteroatoms. The highest BCUT2D eigenvalue weighted by Crippen LogP contribution is 2.40. The molecule has 1 aliphatic carbocycles. The molecule has 0 bridgehead atoms. The summed E-state index contributed by atoms with van der Waals surface area (Å²) in [5, 5.41) is 16.8. The largest absolute Gasteiger partial charge is 0.487 e. The molecule has 4 rings (SSSR count). The number of benzene rings is 1. The highest BCUT2D eigenvalue weighted by Gasteiger charge is 2.27. The lowest BCUT2D eigenvalue weighted by Crippen LogP contribution is -2.22. The number of halogens is 2. The lowest BCUT2D eigenvalue weighted by atomic mass is 10.1. The van der Waals surface area contributed by atoms with Crippen molar-refractivity contribution in [2.45, 2.75) is 64.6 Å². The normalized spacial score (nSPS) is 14.2. The molecule has 0 atom stereocenters. The van der Waals surface area contributed by atoms with Crippen molar-refractivity contribution >= 4 is 19.0 Å². The van der Waals surface area contributed by atoms with Gasteiger partial charge in [0.1, 0.15) is 6.73 Å². The van der Waals surface area contributed by atoms with Gasteiger partial charge in [0.15, 0.2) is 11.5 Å². The maximum Gasteiger partial charge on any atom is 0.387 e. The molecule has 1 aliphatic rings. The van der Waals surface area contributed by atoms with E-state index in [1.165, 1.54) is 12.3 Å². The molecule has 1 fully saturated rings. The quantitative estimate of drug-likeness (QED) is 0.305. The Morgan fingerprint density at radius 2 is 2.03 bits per heavy atom. The van der Waals surface area contributed by atoms with E-state index in [-0.39, 0.29) is 24.3 Å². The number of alkyl halides is 2. The summed E-state index contributed by atoms with van der Waals surface area (Å²) >= 11 is 0. The average Bonchev–Trinajstić information content (AvgIpc) is 3.51. The molecule has 2 aromatic heterocycles. The van der Waals surface area contributed by atoms with Crippen LogP contribution in [0, 0.1) is 0 Å². The van der Waals surface area contributed by atoms with Crippen molar-refractivity contribution < 1.29 is 28.1 Å². The number of ether oxygens (including phenoxy) is 3. The SMILES string of the molecule is C[Si](C)(C)CCOCn1c(-c2ccc(OC(F)F)c(OC3CC3)c2)c(CO)c2c(=O)[nH]ncc21. The van der Waals surface area contributed by atoms with Crippen LogP contribution in [-0.4, -0.2) is 47.3 Å². The van der Waals surface area contributed by atoms with Gasteiger partial charge in [-0.3, -0.25) is 4.79 Å². The molecule has 0 aliphatic heterocycles. The minimum Gasteiger partial charge on any atom is -0.487 e. The number of rotatable bonds is 11. The molecule has 0 unspecified atom stereocenters. The summed E-state index contributed by atoms with van der Waals surface area (Å²) in [4.78, 5) is 12.6. The number of aromatic nitrogens is 3. The van der Waals surface area contributed by atoms with Crippen LogP contribution >= 0.6 is 0 Å². The fraction of sp³-hybridized carbons (Fsp3) is 0.478. The van der Waals surface area contributed by atoms with Gasteiger partial charge in [0.2, 0.25) is 0 Å². The third-order valence-electron chi connectivity index (χ3n) is 5.61. The summed E-state index contributed by atoms with van der Waals surface area (Å²) in [5.74, 6) is 0.123. The van der Waals surface area contributed by atoms with E-state index in [0.717, 1.165) is 18.9 Å². The Kier molecular flexibility index (Phi) is 7.06. The highest BCUT2D eigenvalue weighted by atomic mass is 28.3. The molecule has 34 heavy (non-hydrogen) atoms. The molecule has 1 aromatic carbocycles. The van der Waals surface area contributed by atoms with Crippen LogP contribution in [-0.2, 0) is 18.1 Å². The lowest BCUT2D eigenvalue weighted by Gasteiger charge is -2.18. The second-order valence-electron chi connectivity index (χ2n) is 9.58. The molecule has 1 saturated carbocycles. The number of hydrogen-bond donors (Lipinski definition) is 2. The van der Waals surface area contributed by atoms with Crippen LogP contribution in [0.1, 0.15) is 18.4 Å². The van der Waals surface area contributed by atoms with E-state index in [1.54, 1.807) is 16.7 Å².